The van der Waals surface area contributed by atoms with Gasteiger partial charge in [-0.15, -0.1) is 0 Å². The van der Waals surface area contributed by atoms with Crippen LogP contribution in [0.1, 0.15) is 51.4 Å². The molecule has 174 valence electrons. The van der Waals surface area contributed by atoms with Crippen LogP contribution in [0.4, 0.5) is 0 Å². The summed E-state index contributed by atoms with van der Waals surface area (Å²) in [7, 11) is -1.99. The molecule has 2 heterocycles. The first-order chi connectivity index (χ1) is 15.3. The Morgan fingerprint density at radius 2 is 1.81 bits per heavy atom. The summed E-state index contributed by atoms with van der Waals surface area (Å²) in [6.07, 6.45) is 2.48. The van der Waals surface area contributed by atoms with E-state index in [1.54, 1.807) is 13.2 Å². The summed E-state index contributed by atoms with van der Waals surface area (Å²) in [6.45, 7) is 5.70. The second-order valence-electron chi connectivity index (χ2n) is 7.92. The Kier molecular flexibility index (Phi) is 7.86. The van der Waals surface area contributed by atoms with E-state index in [1.165, 1.54) is 28.6 Å². The van der Waals surface area contributed by atoms with Crippen molar-refractivity contribution in [1.29, 1.82) is 0 Å². The summed E-state index contributed by atoms with van der Waals surface area (Å²) in [5.41, 5.74) is 2.38. The van der Waals surface area contributed by atoms with Gasteiger partial charge in [-0.1, -0.05) is 6.07 Å². The van der Waals surface area contributed by atoms with Gasteiger partial charge in [0, 0.05) is 50.3 Å². The number of Topliss-reactive ketones (excluding diaryl/α,β-unsaturated/α-hetero) is 1. The Bertz CT molecular complexity index is 1080. The van der Waals surface area contributed by atoms with Crippen molar-refractivity contribution in [1.82, 2.24) is 8.87 Å². The Labute approximate surface area is 189 Å². The minimum Gasteiger partial charge on any atom is -0.454 e. The zero-order valence-electron chi connectivity index (χ0n) is 18.8. The number of aryl methyl sites for hydroxylation is 1. The van der Waals surface area contributed by atoms with Crippen molar-refractivity contribution >= 4 is 21.8 Å². The number of hydrogen-bond acceptors (Lipinski definition) is 6. The minimum atomic E-state index is -3.64. The van der Waals surface area contributed by atoms with E-state index in [2.05, 4.69) is 0 Å². The highest BCUT2D eigenvalue weighted by molar-refractivity contribution is 7.89. The van der Waals surface area contributed by atoms with Crippen LogP contribution in [0.25, 0.3) is 0 Å². The number of esters is 1. The van der Waals surface area contributed by atoms with Gasteiger partial charge in [0.1, 0.15) is 0 Å². The summed E-state index contributed by atoms with van der Waals surface area (Å²) in [4.78, 5) is 25.2. The molecule has 0 bridgehead atoms. The van der Waals surface area contributed by atoms with Crippen LogP contribution in [-0.4, -0.2) is 62.5 Å². The lowest BCUT2D eigenvalue weighted by atomic mass is 10.1. The topological polar surface area (TPSA) is 94.9 Å². The molecule has 32 heavy (non-hydrogen) atoms. The molecular formula is C23H30N2O6S. The average Bonchev–Trinajstić information content (AvgIpc) is 3.42. The smallest absolute Gasteiger partial charge is 0.338 e. The van der Waals surface area contributed by atoms with Gasteiger partial charge in [-0.2, -0.15) is 4.31 Å². The maximum absolute atomic E-state index is 12.7. The standard InChI is InChI=1S/C23H30N2O6S/c1-17-14-21(18(2)25(17)12-7-13-30-3)22(26)16-31-23(27)19-8-6-9-20(15-19)32(28,29)24-10-4-5-11-24/h6,8-9,14-15H,4-5,7,10-13,16H2,1-3H3. The van der Waals surface area contributed by atoms with Gasteiger partial charge < -0.3 is 14.0 Å². The molecule has 1 aliphatic heterocycles. The molecule has 3 rings (SSSR count). The van der Waals surface area contributed by atoms with Gasteiger partial charge in [-0.3, -0.25) is 4.79 Å². The fraction of sp³-hybridized carbons (Fsp3) is 0.478. The lowest BCUT2D eigenvalue weighted by Crippen LogP contribution is -2.28. The van der Waals surface area contributed by atoms with E-state index in [0.717, 1.165) is 37.2 Å². The predicted molar refractivity (Wildman–Crippen MR) is 119 cm³/mol. The molecule has 0 spiro atoms. The fourth-order valence-corrected chi connectivity index (χ4v) is 5.51. The third-order valence-electron chi connectivity index (χ3n) is 5.71. The number of carbonyl (C=O) groups is 2. The van der Waals surface area contributed by atoms with E-state index in [-0.39, 0.29) is 16.2 Å². The Morgan fingerprint density at radius 3 is 2.50 bits per heavy atom. The van der Waals surface area contributed by atoms with Gasteiger partial charge in [0.2, 0.25) is 15.8 Å². The maximum atomic E-state index is 12.7. The number of benzene rings is 1. The number of methoxy groups -OCH3 is 1. The highest BCUT2D eigenvalue weighted by Crippen LogP contribution is 2.22. The van der Waals surface area contributed by atoms with Gasteiger partial charge in [-0.05, 0) is 57.4 Å². The van der Waals surface area contributed by atoms with Crippen molar-refractivity contribution in [3.63, 3.8) is 0 Å². The average molecular weight is 463 g/mol. The molecule has 0 atom stereocenters. The maximum Gasteiger partial charge on any atom is 0.338 e. The highest BCUT2D eigenvalue weighted by atomic mass is 32.2. The first-order valence-corrected chi connectivity index (χ1v) is 12.2. The van der Waals surface area contributed by atoms with Gasteiger partial charge >= 0.3 is 5.97 Å². The molecular weight excluding hydrogens is 432 g/mol. The van der Waals surface area contributed by atoms with E-state index < -0.39 is 22.6 Å². The number of nitrogens with zero attached hydrogens (tertiary/aromatic N) is 2. The van der Waals surface area contributed by atoms with Crippen molar-refractivity contribution in [3.8, 4) is 0 Å². The number of aromatic nitrogens is 1. The molecule has 0 aliphatic carbocycles. The highest BCUT2D eigenvalue weighted by Gasteiger charge is 2.28. The Morgan fingerprint density at radius 1 is 1.09 bits per heavy atom. The minimum absolute atomic E-state index is 0.0554. The summed E-state index contributed by atoms with van der Waals surface area (Å²) < 4.78 is 39.2. The van der Waals surface area contributed by atoms with E-state index in [9.17, 15) is 18.0 Å². The van der Waals surface area contributed by atoms with Crippen LogP contribution < -0.4 is 0 Å². The largest absolute Gasteiger partial charge is 0.454 e. The first kappa shape index (κ1) is 24.2. The second-order valence-corrected chi connectivity index (χ2v) is 9.86. The summed E-state index contributed by atoms with van der Waals surface area (Å²) >= 11 is 0. The molecule has 0 unspecified atom stereocenters. The van der Waals surface area contributed by atoms with E-state index in [0.29, 0.717) is 25.3 Å². The van der Waals surface area contributed by atoms with E-state index >= 15 is 0 Å². The number of ketones is 1. The molecule has 0 amide bonds. The van der Waals surface area contributed by atoms with Crippen molar-refractivity contribution in [2.75, 3.05) is 33.4 Å². The second kappa shape index (κ2) is 10.4. The molecule has 1 aromatic heterocycles. The van der Waals surface area contributed by atoms with Crippen LogP contribution in [0.2, 0.25) is 0 Å². The van der Waals surface area contributed by atoms with Gasteiger partial charge in [0.05, 0.1) is 10.5 Å². The van der Waals surface area contributed by atoms with Gasteiger partial charge in [0.25, 0.3) is 0 Å². The van der Waals surface area contributed by atoms with Crippen LogP contribution in [-0.2, 0) is 26.0 Å². The predicted octanol–water partition coefficient (Wildman–Crippen LogP) is 2.97. The summed E-state index contributed by atoms with van der Waals surface area (Å²) in [6, 6.07) is 7.56. The molecule has 9 heteroatoms. The number of carbonyl (C=O) groups excluding carboxylic acids is 2. The molecule has 0 N–H and O–H groups in total. The van der Waals surface area contributed by atoms with Crippen LogP contribution in [0.15, 0.2) is 35.2 Å². The monoisotopic (exact) mass is 462 g/mol. The molecule has 1 aliphatic rings. The number of hydrogen-bond donors (Lipinski definition) is 0. The van der Waals surface area contributed by atoms with Crippen molar-refractivity contribution in [2.24, 2.45) is 0 Å². The number of rotatable bonds is 10. The lowest BCUT2D eigenvalue weighted by Gasteiger charge is -2.15. The third-order valence-corrected chi connectivity index (χ3v) is 7.61. The third kappa shape index (κ3) is 5.28. The number of sulfonamides is 1. The molecule has 1 fully saturated rings. The van der Waals surface area contributed by atoms with Crippen molar-refractivity contribution in [2.45, 2.75) is 44.6 Å². The molecule has 1 saturated heterocycles. The SMILES string of the molecule is COCCCn1c(C)cc(C(=O)COC(=O)c2cccc(S(=O)(=O)N3CCCC3)c2)c1C. The summed E-state index contributed by atoms with van der Waals surface area (Å²) in [5.74, 6) is -1.03. The van der Waals surface area contributed by atoms with Crippen LogP contribution in [0.5, 0.6) is 0 Å². The fourth-order valence-electron chi connectivity index (χ4n) is 3.95. The first-order valence-electron chi connectivity index (χ1n) is 10.7. The van der Waals surface area contributed by atoms with Crippen LogP contribution in [0.3, 0.4) is 0 Å². The van der Waals surface area contributed by atoms with Crippen molar-refractivity contribution < 1.29 is 27.5 Å². The molecule has 1 aromatic carbocycles. The summed E-state index contributed by atoms with van der Waals surface area (Å²) in [5, 5.41) is 0. The normalized spacial score (nSPS) is 14.6. The number of ether oxygens (including phenoxy) is 2. The lowest BCUT2D eigenvalue weighted by molar-refractivity contribution is 0.0474. The quantitative estimate of drug-likeness (QED) is 0.306. The Hall–Kier alpha value is -2.49. The zero-order chi connectivity index (χ0) is 23.3. The molecule has 0 saturated carbocycles. The molecule has 2 aromatic rings. The molecule has 0 radical (unpaired) electrons. The Balaban J connectivity index is 1.66. The zero-order valence-corrected chi connectivity index (χ0v) is 19.6. The van der Waals surface area contributed by atoms with Crippen LogP contribution >= 0.6 is 0 Å². The van der Waals surface area contributed by atoms with Gasteiger partial charge in [-0.25, -0.2) is 13.2 Å². The van der Waals surface area contributed by atoms with Crippen LogP contribution in [0, 0.1) is 13.8 Å². The molecule has 8 nitrogen and oxygen atoms in total. The van der Waals surface area contributed by atoms with Gasteiger partial charge in [0.15, 0.2) is 6.61 Å². The van der Waals surface area contributed by atoms with Crippen molar-refractivity contribution in [3.05, 3.63) is 52.8 Å². The van der Waals surface area contributed by atoms with E-state index in [1.807, 2.05) is 18.4 Å². The van der Waals surface area contributed by atoms with E-state index in [4.69, 9.17) is 9.47 Å².